The molecule has 0 bridgehead atoms. The van der Waals surface area contributed by atoms with Crippen LogP contribution in [-0.4, -0.2) is 35.4 Å². The minimum Gasteiger partial charge on any atom is -0.487 e. The number of aromatic nitrogens is 2. The van der Waals surface area contributed by atoms with E-state index in [1.54, 1.807) is 12.1 Å². The number of para-hydroxylation sites is 1. The summed E-state index contributed by atoms with van der Waals surface area (Å²) in [5.74, 6) is 0.568. The normalized spacial score (nSPS) is 10.8. The average molecular weight is 429 g/mol. The van der Waals surface area contributed by atoms with Gasteiger partial charge in [0.2, 0.25) is 0 Å². The molecule has 0 saturated heterocycles. The lowest BCUT2D eigenvalue weighted by Gasteiger charge is -2.19. The van der Waals surface area contributed by atoms with E-state index in [0.717, 1.165) is 30.7 Å². The first kappa shape index (κ1) is 21.4. The molecule has 0 aliphatic carbocycles. The second-order valence-electron chi connectivity index (χ2n) is 7.73. The van der Waals surface area contributed by atoms with Crippen LogP contribution in [0.15, 0.2) is 85.2 Å². The van der Waals surface area contributed by atoms with Gasteiger partial charge in [0.05, 0.1) is 5.69 Å². The van der Waals surface area contributed by atoms with Crippen molar-refractivity contribution in [3.05, 3.63) is 96.4 Å². The van der Waals surface area contributed by atoms with Crippen LogP contribution in [-0.2, 0) is 6.61 Å². The van der Waals surface area contributed by atoms with Gasteiger partial charge in [-0.1, -0.05) is 30.3 Å². The van der Waals surface area contributed by atoms with E-state index in [-0.39, 0.29) is 5.91 Å². The Hall–Kier alpha value is -3.80. The van der Waals surface area contributed by atoms with Crippen LogP contribution >= 0.6 is 0 Å². The van der Waals surface area contributed by atoms with E-state index in [4.69, 9.17) is 4.74 Å². The van der Waals surface area contributed by atoms with Crippen molar-refractivity contribution in [1.29, 1.82) is 0 Å². The Morgan fingerprint density at radius 3 is 2.72 bits per heavy atom. The fraction of sp³-hybridized carbons (Fsp3) is 0.231. The third kappa shape index (κ3) is 5.66. The maximum Gasteiger partial charge on any atom is 0.251 e. The molecule has 2 aromatic heterocycles. The van der Waals surface area contributed by atoms with Gasteiger partial charge in [0, 0.05) is 43.8 Å². The van der Waals surface area contributed by atoms with Crippen molar-refractivity contribution in [1.82, 2.24) is 14.7 Å². The van der Waals surface area contributed by atoms with Gasteiger partial charge < -0.3 is 19.4 Å². The van der Waals surface area contributed by atoms with Crippen LogP contribution in [0.1, 0.15) is 28.9 Å². The number of pyridine rings is 1. The highest BCUT2D eigenvalue weighted by atomic mass is 16.5. The Bertz CT molecular complexity index is 1120. The first-order chi connectivity index (χ1) is 15.7. The number of benzene rings is 2. The molecule has 0 unspecified atom stereocenters. The molecule has 6 nitrogen and oxygen atoms in total. The summed E-state index contributed by atoms with van der Waals surface area (Å²) in [6.07, 6.45) is 5.83. The number of hydrogen-bond acceptors (Lipinski definition) is 4. The van der Waals surface area contributed by atoms with Gasteiger partial charge in [-0.05, 0) is 55.3 Å². The van der Waals surface area contributed by atoms with Crippen LogP contribution in [0.4, 0.5) is 5.69 Å². The first-order valence-electron chi connectivity index (χ1n) is 10.9. The predicted molar refractivity (Wildman–Crippen MR) is 127 cm³/mol. The topological polar surface area (TPSA) is 58.9 Å². The van der Waals surface area contributed by atoms with E-state index in [0.29, 0.717) is 24.5 Å². The highest BCUT2D eigenvalue weighted by Gasteiger charge is 2.08. The maximum absolute atomic E-state index is 12.5. The van der Waals surface area contributed by atoms with Crippen LogP contribution in [0.3, 0.4) is 0 Å². The number of hydrogen-bond donors (Lipinski definition) is 1. The van der Waals surface area contributed by atoms with E-state index >= 15 is 0 Å². The summed E-state index contributed by atoms with van der Waals surface area (Å²) in [5.41, 5.74) is 3.52. The lowest BCUT2D eigenvalue weighted by molar-refractivity contribution is 0.0952. The van der Waals surface area contributed by atoms with Crippen molar-refractivity contribution in [3.63, 3.8) is 0 Å². The lowest BCUT2D eigenvalue weighted by atomic mass is 10.2. The van der Waals surface area contributed by atoms with E-state index in [2.05, 4.69) is 34.4 Å². The summed E-state index contributed by atoms with van der Waals surface area (Å²) in [7, 11) is 2.09. The molecule has 1 amide bonds. The van der Waals surface area contributed by atoms with Gasteiger partial charge in [-0.2, -0.15) is 0 Å². The zero-order chi connectivity index (χ0) is 22.2. The monoisotopic (exact) mass is 428 g/mol. The van der Waals surface area contributed by atoms with Gasteiger partial charge in [0.25, 0.3) is 5.91 Å². The molecule has 0 aliphatic heterocycles. The van der Waals surface area contributed by atoms with Crippen LogP contribution < -0.4 is 15.0 Å². The number of nitrogens with one attached hydrogen (secondary N) is 1. The number of fused-ring (bicyclic) bond motifs is 1. The number of unbranched alkanes of at least 4 members (excludes halogenated alkanes) is 1. The van der Waals surface area contributed by atoms with Crippen LogP contribution in [0.25, 0.3) is 5.65 Å². The average Bonchev–Trinajstić information content (AvgIpc) is 3.26. The lowest BCUT2D eigenvalue weighted by Crippen LogP contribution is -2.25. The number of anilines is 1. The minimum absolute atomic E-state index is 0.0837. The number of rotatable bonds is 10. The molecule has 6 heteroatoms. The number of carbonyl (C=O) groups excluding carboxylic acids is 1. The first-order valence-corrected chi connectivity index (χ1v) is 10.9. The molecule has 0 saturated carbocycles. The Morgan fingerprint density at radius 1 is 1.03 bits per heavy atom. The molecule has 2 aromatic carbocycles. The fourth-order valence-electron chi connectivity index (χ4n) is 3.53. The van der Waals surface area contributed by atoms with Crippen molar-refractivity contribution in [3.8, 4) is 5.75 Å². The molecular formula is C26H28N4O2. The van der Waals surface area contributed by atoms with E-state index in [9.17, 15) is 4.79 Å². The largest absolute Gasteiger partial charge is 0.487 e. The van der Waals surface area contributed by atoms with Crippen LogP contribution in [0, 0.1) is 0 Å². The van der Waals surface area contributed by atoms with E-state index in [1.165, 1.54) is 5.69 Å². The number of amides is 1. The minimum atomic E-state index is -0.0837. The smallest absolute Gasteiger partial charge is 0.251 e. The summed E-state index contributed by atoms with van der Waals surface area (Å²) in [6, 6.07) is 23.4. The number of carbonyl (C=O) groups is 1. The number of ether oxygens (including phenoxy) is 1. The predicted octanol–water partition coefficient (Wildman–Crippen LogP) is 4.56. The molecule has 0 aliphatic rings. The molecule has 1 N–H and O–H groups in total. The molecule has 0 radical (unpaired) electrons. The zero-order valence-corrected chi connectivity index (χ0v) is 18.3. The highest BCUT2D eigenvalue weighted by Crippen LogP contribution is 2.16. The third-order valence-electron chi connectivity index (χ3n) is 5.30. The molecule has 32 heavy (non-hydrogen) atoms. The second-order valence-corrected chi connectivity index (χ2v) is 7.73. The van der Waals surface area contributed by atoms with Gasteiger partial charge >= 0.3 is 0 Å². The van der Waals surface area contributed by atoms with E-state index < -0.39 is 0 Å². The summed E-state index contributed by atoms with van der Waals surface area (Å²) in [5, 5.41) is 3.00. The summed E-state index contributed by atoms with van der Waals surface area (Å²) in [6.45, 7) is 1.95. The number of imidazole rings is 1. The molecule has 164 valence electrons. The Labute approximate surface area is 188 Å². The summed E-state index contributed by atoms with van der Waals surface area (Å²) in [4.78, 5) is 19.3. The van der Waals surface area contributed by atoms with Crippen LogP contribution in [0.2, 0.25) is 0 Å². The quantitative estimate of drug-likeness (QED) is 0.376. The SMILES string of the molecule is CN(CCCCNC(=O)c1cccc(OCc2cn3ccccc3n2)c1)c1ccccc1. The third-order valence-corrected chi connectivity index (χ3v) is 5.30. The summed E-state index contributed by atoms with van der Waals surface area (Å²) < 4.78 is 7.82. The molecule has 0 spiro atoms. The Balaban J connectivity index is 1.21. The molecule has 0 fully saturated rings. The van der Waals surface area contributed by atoms with Gasteiger partial charge in [-0.3, -0.25) is 4.79 Å². The van der Waals surface area contributed by atoms with Crippen molar-refractivity contribution >= 4 is 17.2 Å². The Kier molecular flexibility index (Phi) is 7.02. The van der Waals surface area contributed by atoms with Gasteiger partial charge in [-0.25, -0.2) is 4.98 Å². The standard InChI is InChI=1S/C26H28N4O2/c1-29(23-11-3-2-4-12-23)16-8-6-15-27-26(31)21-10-9-13-24(18-21)32-20-22-19-30-17-7-5-14-25(30)28-22/h2-5,7,9-14,17-19H,6,8,15-16,20H2,1H3,(H,27,31). The second kappa shape index (κ2) is 10.5. The van der Waals surface area contributed by atoms with Crippen molar-refractivity contribution < 1.29 is 9.53 Å². The maximum atomic E-state index is 12.5. The van der Waals surface area contributed by atoms with Gasteiger partial charge in [-0.15, -0.1) is 0 Å². The van der Waals surface area contributed by atoms with E-state index in [1.807, 2.05) is 65.3 Å². The Morgan fingerprint density at radius 2 is 1.88 bits per heavy atom. The summed E-state index contributed by atoms with van der Waals surface area (Å²) >= 11 is 0. The van der Waals surface area contributed by atoms with Gasteiger partial charge in [0.1, 0.15) is 18.0 Å². The molecule has 2 heterocycles. The number of nitrogens with zero attached hydrogens (tertiary/aromatic N) is 3. The highest BCUT2D eigenvalue weighted by molar-refractivity contribution is 5.94. The van der Waals surface area contributed by atoms with Crippen molar-refractivity contribution in [2.24, 2.45) is 0 Å². The molecule has 0 atom stereocenters. The zero-order valence-electron chi connectivity index (χ0n) is 18.3. The van der Waals surface area contributed by atoms with Crippen molar-refractivity contribution in [2.45, 2.75) is 19.4 Å². The molecular weight excluding hydrogens is 400 g/mol. The van der Waals surface area contributed by atoms with Gasteiger partial charge in [0.15, 0.2) is 0 Å². The van der Waals surface area contributed by atoms with Crippen LogP contribution in [0.5, 0.6) is 5.75 Å². The fourth-order valence-corrected chi connectivity index (χ4v) is 3.53. The molecule has 4 aromatic rings. The van der Waals surface area contributed by atoms with Crippen molar-refractivity contribution in [2.75, 3.05) is 25.0 Å². The molecule has 4 rings (SSSR count).